The van der Waals surface area contributed by atoms with Gasteiger partial charge in [-0.3, -0.25) is 14.4 Å². The molecule has 128 valence electrons. The summed E-state index contributed by atoms with van der Waals surface area (Å²) in [4.78, 5) is 37.6. The first-order chi connectivity index (χ1) is 11.4. The van der Waals surface area contributed by atoms with Gasteiger partial charge in [0.15, 0.2) is 0 Å². The van der Waals surface area contributed by atoms with Crippen LogP contribution in [0.25, 0.3) is 0 Å². The summed E-state index contributed by atoms with van der Waals surface area (Å²) in [5.74, 6) is -4.64. The molecule has 0 saturated carbocycles. The molecule has 2 bridgehead atoms. The number of rotatable bonds is 2. The van der Waals surface area contributed by atoms with Crippen molar-refractivity contribution < 1.29 is 33.0 Å². The lowest BCUT2D eigenvalue weighted by Gasteiger charge is -2.31. The Kier molecular flexibility index (Phi) is 3.81. The van der Waals surface area contributed by atoms with E-state index in [9.17, 15) is 18.8 Å². The first-order valence-corrected chi connectivity index (χ1v) is 7.53. The monoisotopic (exact) mass is 336 g/mol. The Bertz CT molecular complexity index is 712. The van der Waals surface area contributed by atoms with Crippen LogP contribution in [0.1, 0.15) is 24.0 Å². The topological polar surface area (TPSA) is 78.9 Å². The molecule has 1 aromatic rings. The lowest BCUT2D eigenvalue weighted by atomic mass is 9.68. The van der Waals surface area contributed by atoms with E-state index in [4.69, 9.17) is 14.2 Å². The van der Waals surface area contributed by atoms with E-state index < -0.39 is 47.1 Å². The van der Waals surface area contributed by atoms with Gasteiger partial charge in [0, 0.05) is 6.42 Å². The zero-order valence-corrected chi connectivity index (χ0v) is 13.5. The van der Waals surface area contributed by atoms with Crippen LogP contribution in [-0.2, 0) is 35.0 Å². The molecule has 2 aliphatic rings. The molecule has 0 N–H and O–H groups in total. The molecule has 7 heteroatoms. The number of fused-ring (bicyclic) bond motifs is 3. The van der Waals surface area contributed by atoms with E-state index in [1.807, 2.05) is 0 Å². The van der Waals surface area contributed by atoms with Gasteiger partial charge >= 0.3 is 17.9 Å². The van der Waals surface area contributed by atoms with Crippen molar-refractivity contribution in [3.05, 3.63) is 35.1 Å². The van der Waals surface area contributed by atoms with Gasteiger partial charge in [0.05, 0.1) is 20.1 Å². The smallest absolute Gasteiger partial charge is 0.328 e. The van der Waals surface area contributed by atoms with E-state index in [1.165, 1.54) is 12.1 Å². The zero-order valence-electron chi connectivity index (χ0n) is 13.5. The van der Waals surface area contributed by atoms with Crippen LogP contribution in [0.15, 0.2) is 18.2 Å². The summed E-state index contributed by atoms with van der Waals surface area (Å²) in [6.45, 7) is 1.67. The van der Waals surface area contributed by atoms with Crippen molar-refractivity contribution in [3.63, 3.8) is 0 Å². The summed E-state index contributed by atoms with van der Waals surface area (Å²) in [5.41, 5.74) is -0.590. The third-order valence-corrected chi connectivity index (χ3v) is 5.06. The molecule has 1 heterocycles. The van der Waals surface area contributed by atoms with E-state index in [-0.39, 0.29) is 6.42 Å². The maximum absolute atomic E-state index is 13.7. The van der Waals surface area contributed by atoms with Crippen molar-refractivity contribution in [1.82, 2.24) is 0 Å². The summed E-state index contributed by atoms with van der Waals surface area (Å²) < 4.78 is 28.7. The minimum atomic E-state index is -1.89. The number of methoxy groups -OCH3 is 2. The van der Waals surface area contributed by atoms with Gasteiger partial charge in [-0.2, -0.15) is 0 Å². The van der Waals surface area contributed by atoms with E-state index in [1.54, 1.807) is 13.0 Å². The Labute approximate surface area is 137 Å². The third kappa shape index (κ3) is 1.96. The Morgan fingerprint density at radius 2 is 1.88 bits per heavy atom. The molecule has 6 nitrogen and oxygen atoms in total. The SMILES string of the molecule is COC(=O)C1(C(=O)OC)[C@@H]2Cc3ccc(F)cc3[C@H](C)[C@H]1C(=O)O2. The fourth-order valence-electron chi connectivity index (χ4n) is 3.99. The predicted molar refractivity (Wildman–Crippen MR) is 78.4 cm³/mol. The van der Waals surface area contributed by atoms with Crippen LogP contribution in [0.3, 0.4) is 0 Å². The number of carbonyl (C=O) groups is 3. The maximum atomic E-state index is 13.7. The van der Waals surface area contributed by atoms with Gasteiger partial charge in [0.1, 0.15) is 11.9 Å². The second-order valence-electron chi connectivity index (χ2n) is 6.09. The normalized spacial score (nSPS) is 26.8. The Balaban J connectivity index is 2.25. The second-order valence-corrected chi connectivity index (χ2v) is 6.09. The fraction of sp³-hybridized carbons (Fsp3) is 0.471. The van der Waals surface area contributed by atoms with Crippen LogP contribution in [0, 0.1) is 17.2 Å². The number of hydrogen-bond donors (Lipinski definition) is 0. The highest BCUT2D eigenvalue weighted by Gasteiger charge is 2.71. The quantitative estimate of drug-likeness (QED) is 0.461. The van der Waals surface area contributed by atoms with Crippen molar-refractivity contribution in [1.29, 1.82) is 0 Å². The van der Waals surface area contributed by atoms with Gasteiger partial charge in [-0.15, -0.1) is 0 Å². The molecular formula is C17H17FO6. The Morgan fingerprint density at radius 1 is 1.25 bits per heavy atom. The molecule has 1 fully saturated rings. The molecule has 0 amide bonds. The molecule has 0 radical (unpaired) electrons. The first kappa shape index (κ1) is 16.4. The summed E-state index contributed by atoms with van der Waals surface area (Å²) >= 11 is 0. The van der Waals surface area contributed by atoms with E-state index >= 15 is 0 Å². The highest BCUT2D eigenvalue weighted by molar-refractivity contribution is 6.07. The summed E-state index contributed by atoms with van der Waals surface area (Å²) in [5, 5.41) is 0. The van der Waals surface area contributed by atoms with Gasteiger partial charge in [-0.25, -0.2) is 4.39 Å². The van der Waals surface area contributed by atoms with E-state index in [0.717, 1.165) is 19.8 Å². The lowest BCUT2D eigenvalue weighted by Crippen LogP contribution is -2.52. The largest absolute Gasteiger partial charge is 0.468 e. The second kappa shape index (κ2) is 5.58. The van der Waals surface area contributed by atoms with Crippen LogP contribution in [0.4, 0.5) is 4.39 Å². The van der Waals surface area contributed by atoms with Gasteiger partial charge in [-0.1, -0.05) is 13.0 Å². The average molecular weight is 336 g/mol. The van der Waals surface area contributed by atoms with Crippen molar-refractivity contribution >= 4 is 17.9 Å². The highest BCUT2D eigenvalue weighted by Crippen LogP contribution is 2.53. The fourth-order valence-corrected chi connectivity index (χ4v) is 3.99. The van der Waals surface area contributed by atoms with Gasteiger partial charge < -0.3 is 14.2 Å². The average Bonchev–Trinajstić information content (AvgIpc) is 2.81. The number of ether oxygens (including phenoxy) is 3. The van der Waals surface area contributed by atoms with Gasteiger partial charge in [0.2, 0.25) is 5.41 Å². The minimum Gasteiger partial charge on any atom is -0.468 e. The van der Waals surface area contributed by atoms with Crippen LogP contribution in [0.2, 0.25) is 0 Å². The molecule has 1 saturated heterocycles. The van der Waals surface area contributed by atoms with Crippen molar-refractivity contribution in [3.8, 4) is 0 Å². The number of hydrogen-bond acceptors (Lipinski definition) is 6. The molecule has 1 aliphatic carbocycles. The number of esters is 3. The molecule has 0 unspecified atom stereocenters. The van der Waals surface area contributed by atoms with E-state index in [0.29, 0.717) is 5.56 Å². The predicted octanol–water partition coefficient (Wildman–Crippen LogP) is 1.36. The Hall–Kier alpha value is -2.44. The van der Waals surface area contributed by atoms with Crippen molar-refractivity contribution in [2.24, 2.45) is 11.3 Å². The van der Waals surface area contributed by atoms with Gasteiger partial charge in [0.25, 0.3) is 0 Å². The standard InChI is InChI=1S/C17H17FO6/c1-8-11-7-10(18)5-4-9(11)6-12-17(15(20)22-2,16(21)23-3)13(8)14(19)24-12/h4-5,7-8,12-13H,6H2,1-3H3/t8-,12-,13-/m0/s1. The van der Waals surface area contributed by atoms with Crippen LogP contribution < -0.4 is 0 Å². The molecule has 0 spiro atoms. The lowest BCUT2D eigenvalue weighted by molar-refractivity contribution is -0.176. The molecule has 3 atom stereocenters. The Morgan fingerprint density at radius 3 is 2.46 bits per heavy atom. The molecule has 1 aliphatic heterocycles. The van der Waals surface area contributed by atoms with Crippen molar-refractivity contribution in [2.75, 3.05) is 14.2 Å². The summed E-state index contributed by atoms with van der Waals surface area (Å²) in [7, 11) is 2.28. The van der Waals surface area contributed by atoms with Crippen molar-refractivity contribution in [2.45, 2.75) is 25.4 Å². The minimum absolute atomic E-state index is 0.104. The van der Waals surface area contributed by atoms with Crippen LogP contribution in [0.5, 0.6) is 0 Å². The number of benzene rings is 1. The van der Waals surface area contributed by atoms with Crippen LogP contribution in [-0.4, -0.2) is 38.2 Å². The molecule has 24 heavy (non-hydrogen) atoms. The van der Waals surface area contributed by atoms with Crippen LogP contribution >= 0.6 is 0 Å². The third-order valence-electron chi connectivity index (χ3n) is 5.06. The highest BCUT2D eigenvalue weighted by atomic mass is 19.1. The summed E-state index contributed by atoms with van der Waals surface area (Å²) in [6, 6.07) is 4.20. The summed E-state index contributed by atoms with van der Waals surface area (Å²) in [6.07, 6.45) is -0.948. The van der Waals surface area contributed by atoms with E-state index in [2.05, 4.69) is 0 Å². The molecular weight excluding hydrogens is 319 g/mol. The number of halogens is 1. The first-order valence-electron chi connectivity index (χ1n) is 7.53. The molecule has 1 aromatic carbocycles. The zero-order chi connectivity index (χ0) is 17.6. The molecule has 3 rings (SSSR count). The maximum Gasteiger partial charge on any atom is 0.328 e. The molecule has 0 aromatic heterocycles. The van der Waals surface area contributed by atoms with Gasteiger partial charge in [-0.05, 0) is 29.2 Å². The number of carbonyl (C=O) groups excluding carboxylic acids is 3.